The van der Waals surface area contributed by atoms with E-state index in [-0.39, 0.29) is 23.6 Å². The molecule has 164 valence electrons. The number of fused-ring (bicyclic) bond motifs is 1. The summed E-state index contributed by atoms with van der Waals surface area (Å²) in [6, 6.07) is 14.5. The molecule has 1 atom stereocenters. The molecule has 4 aromatic rings. The number of thioether (sulfide) groups is 1. The highest BCUT2D eigenvalue weighted by atomic mass is 32.2. The SMILES string of the molecule is O=C(CSc1ncc(-c2ccccc2)n1CC1CCCO1)Nc1nc2ccc(F)cc2s1. The second-order valence-electron chi connectivity index (χ2n) is 7.51. The Hall–Kier alpha value is -2.75. The summed E-state index contributed by atoms with van der Waals surface area (Å²) in [5, 5.41) is 4.06. The highest BCUT2D eigenvalue weighted by Crippen LogP contribution is 2.29. The van der Waals surface area contributed by atoms with Crippen LogP contribution in [0.5, 0.6) is 0 Å². The number of nitrogens with zero attached hydrogens (tertiary/aromatic N) is 3. The van der Waals surface area contributed by atoms with Gasteiger partial charge in [0, 0.05) is 6.61 Å². The topological polar surface area (TPSA) is 69.0 Å². The van der Waals surface area contributed by atoms with E-state index in [1.54, 1.807) is 6.07 Å². The molecule has 5 rings (SSSR count). The Morgan fingerprint density at radius 2 is 2.16 bits per heavy atom. The van der Waals surface area contributed by atoms with Gasteiger partial charge in [0.25, 0.3) is 0 Å². The average Bonchev–Trinajstić information content (AvgIpc) is 3.53. The van der Waals surface area contributed by atoms with Crippen LogP contribution in [-0.4, -0.2) is 38.9 Å². The van der Waals surface area contributed by atoms with Crippen molar-refractivity contribution in [3.63, 3.8) is 0 Å². The van der Waals surface area contributed by atoms with Gasteiger partial charge in [-0.2, -0.15) is 0 Å². The van der Waals surface area contributed by atoms with Gasteiger partial charge in [-0.15, -0.1) is 0 Å². The molecular weight excluding hydrogens is 447 g/mol. The summed E-state index contributed by atoms with van der Waals surface area (Å²) >= 11 is 2.64. The van der Waals surface area contributed by atoms with E-state index in [2.05, 4.69) is 32.0 Å². The van der Waals surface area contributed by atoms with Gasteiger partial charge in [0.15, 0.2) is 10.3 Å². The third-order valence-corrected chi connectivity index (χ3v) is 7.15. The molecule has 0 radical (unpaired) electrons. The number of aromatic nitrogens is 3. The lowest BCUT2D eigenvalue weighted by Crippen LogP contribution is -2.18. The maximum atomic E-state index is 13.4. The molecule has 1 aliphatic rings. The molecule has 0 aliphatic carbocycles. The van der Waals surface area contributed by atoms with Crippen LogP contribution in [0.4, 0.5) is 9.52 Å². The van der Waals surface area contributed by atoms with Crippen LogP contribution in [0.15, 0.2) is 59.9 Å². The predicted molar refractivity (Wildman–Crippen MR) is 126 cm³/mol. The minimum absolute atomic E-state index is 0.156. The number of ether oxygens (including phenoxy) is 1. The lowest BCUT2D eigenvalue weighted by Gasteiger charge is -2.16. The van der Waals surface area contributed by atoms with E-state index in [4.69, 9.17) is 4.74 Å². The standard InChI is InChI=1S/C23H21FN4O2S2/c24-16-8-9-18-20(11-16)32-22(26-18)27-21(29)14-31-23-25-12-19(15-5-2-1-3-6-15)28(23)13-17-7-4-10-30-17/h1-3,5-6,8-9,11-12,17H,4,7,10,13-14H2,(H,26,27,29). The van der Waals surface area contributed by atoms with Crippen LogP contribution in [0.2, 0.25) is 0 Å². The Bertz CT molecular complexity index is 1240. The molecule has 0 bridgehead atoms. The molecule has 0 saturated carbocycles. The molecule has 1 saturated heterocycles. The van der Waals surface area contributed by atoms with Crippen LogP contribution >= 0.6 is 23.1 Å². The van der Waals surface area contributed by atoms with Crippen molar-refractivity contribution in [3.05, 3.63) is 60.5 Å². The van der Waals surface area contributed by atoms with Crippen molar-refractivity contribution in [3.8, 4) is 11.3 Å². The number of anilines is 1. The largest absolute Gasteiger partial charge is 0.376 e. The minimum Gasteiger partial charge on any atom is -0.376 e. The normalized spacial score (nSPS) is 16.0. The highest BCUT2D eigenvalue weighted by Gasteiger charge is 2.21. The summed E-state index contributed by atoms with van der Waals surface area (Å²) in [6.07, 6.45) is 4.10. The van der Waals surface area contributed by atoms with Crippen molar-refractivity contribution in [1.29, 1.82) is 0 Å². The summed E-state index contributed by atoms with van der Waals surface area (Å²) in [5.74, 6) is -0.300. The lowest BCUT2D eigenvalue weighted by atomic mass is 10.1. The van der Waals surface area contributed by atoms with Gasteiger partial charge in [0.2, 0.25) is 5.91 Å². The van der Waals surface area contributed by atoms with Crippen LogP contribution in [0.25, 0.3) is 21.5 Å². The van der Waals surface area contributed by atoms with E-state index in [0.717, 1.165) is 35.9 Å². The van der Waals surface area contributed by atoms with Crippen molar-refractivity contribution >= 4 is 44.4 Å². The van der Waals surface area contributed by atoms with Gasteiger partial charge in [-0.3, -0.25) is 4.79 Å². The van der Waals surface area contributed by atoms with Crippen LogP contribution < -0.4 is 5.32 Å². The van der Waals surface area contributed by atoms with Gasteiger partial charge in [0.1, 0.15) is 5.82 Å². The first-order valence-electron chi connectivity index (χ1n) is 10.4. The molecule has 9 heteroatoms. The molecule has 1 unspecified atom stereocenters. The number of carbonyl (C=O) groups is 1. The van der Waals surface area contributed by atoms with Gasteiger partial charge >= 0.3 is 0 Å². The van der Waals surface area contributed by atoms with E-state index < -0.39 is 0 Å². The number of nitrogens with one attached hydrogen (secondary N) is 1. The first kappa shape index (κ1) is 21.1. The second kappa shape index (κ2) is 9.40. The van der Waals surface area contributed by atoms with Crippen molar-refractivity contribution in [2.45, 2.75) is 30.6 Å². The smallest absolute Gasteiger partial charge is 0.236 e. The summed E-state index contributed by atoms with van der Waals surface area (Å²) < 4.78 is 22.1. The Morgan fingerprint density at radius 1 is 1.28 bits per heavy atom. The quantitative estimate of drug-likeness (QED) is 0.377. The monoisotopic (exact) mass is 468 g/mol. The molecule has 0 spiro atoms. The molecule has 2 aromatic carbocycles. The van der Waals surface area contributed by atoms with E-state index in [9.17, 15) is 9.18 Å². The van der Waals surface area contributed by atoms with E-state index in [0.29, 0.717) is 21.9 Å². The number of carbonyl (C=O) groups excluding carboxylic acids is 1. The van der Waals surface area contributed by atoms with Gasteiger partial charge in [0.05, 0.1) is 40.5 Å². The Labute approximate surface area is 192 Å². The average molecular weight is 469 g/mol. The minimum atomic E-state index is -0.318. The molecule has 3 heterocycles. The van der Waals surface area contributed by atoms with Crippen LogP contribution in [0.3, 0.4) is 0 Å². The van der Waals surface area contributed by atoms with Crippen LogP contribution in [0.1, 0.15) is 12.8 Å². The summed E-state index contributed by atoms with van der Waals surface area (Å²) in [7, 11) is 0. The number of hydrogen-bond donors (Lipinski definition) is 1. The fourth-order valence-electron chi connectivity index (χ4n) is 3.72. The number of imidazole rings is 1. The zero-order valence-corrected chi connectivity index (χ0v) is 18.8. The maximum Gasteiger partial charge on any atom is 0.236 e. The second-order valence-corrected chi connectivity index (χ2v) is 9.48. The molecule has 2 aromatic heterocycles. The summed E-state index contributed by atoms with van der Waals surface area (Å²) in [4.78, 5) is 21.5. The molecule has 32 heavy (non-hydrogen) atoms. The fourth-order valence-corrected chi connectivity index (χ4v) is 5.41. The van der Waals surface area contributed by atoms with Crippen molar-refractivity contribution in [2.24, 2.45) is 0 Å². The molecule has 1 aliphatic heterocycles. The number of benzene rings is 2. The number of rotatable bonds is 7. The maximum absolute atomic E-state index is 13.4. The Balaban J connectivity index is 1.30. The third kappa shape index (κ3) is 4.69. The number of halogens is 1. The molecule has 1 fully saturated rings. The summed E-state index contributed by atoms with van der Waals surface area (Å²) in [6.45, 7) is 1.49. The highest BCUT2D eigenvalue weighted by molar-refractivity contribution is 7.99. The van der Waals surface area contributed by atoms with E-state index in [1.165, 1.54) is 35.2 Å². The first-order valence-corrected chi connectivity index (χ1v) is 12.2. The molecule has 6 nitrogen and oxygen atoms in total. The number of hydrogen-bond acceptors (Lipinski definition) is 6. The Morgan fingerprint density at radius 3 is 2.97 bits per heavy atom. The van der Waals surface area contributed by atoms with Gasteiger partial charge in [-0.1, -0.05) is 53.4 Å². The zero-order valence-electron chi connectivity index (χ0n) is 17.2. The van der Waals surface area contributed by atoms with Crippen molar-refractivity contribution in [2.75, 3.05) is 17.7 Å². The molecule has 1 N–H and O–H groups in total. The Kier molecular flexibility index (Phi) is 6.20. The van der Waals surface area contributed by atoms with Crippen LogP contribution in [-0.2, 0) is 16.1 Å². The van der Waals surface area contributed by atoms with Gasteiger partial charge in [-0.05, 0) is 36.6 Å². The zero-order chi connectivity index (χ0) is 21.9. The predicted octanol–water partition coefficient (Wildman–Crippen LogP) is 5.21. The molecule has 1 amide bonds. The summed E-state index contributed by atoms with van der Waals surface area (Å²) in [5.41, 5.74) is 2.76. The fraction of sp³-hybridized carbons (Fsp3) is 0.261. The lowest BCUT2D eigenvalue weighted by molar-refractivity contribution is -0.113. The van der Waals surface area contributed by atoms with Crippen molar-refractivity contribution in [1.82, 2.24) is 14.5 Å². The molecular formula is C23H21FN4O2S2. The van der Waals surface area contributed by atoms with E-state index in [1.807, 2.05) is 24.4 Å². The van der Waals surface area contributed by atoms with E-state index >= 15 is 0 Å². The first-order chi connectivity index (χ1) is 15.7. The van der Waals surface area contributed by atoms with Gasteiger partial charge in [-0.25, -0.2) is 14.4 Å². The van der Waals surface area contributed by atoms with Crippen molar-refractivity contribution < 1.29 is 13.9 Å². The number of amides is 1. The van der Waals surface area contributed by atoms with Gasteiger partial charge < -0.3 is 14.6 Å². The number of thiazole rings is 1. The van der Waals surface area contributed by atoms with Crippen LogP contribution in [0, 0.1) is 5.82 Å². The third-order valence-electron chi connectivity index (χ3n) is 5.23.